The van der Waals surface area contributed by atoms with Crippen molar-refractivity contribution in [1.82, 2.24) is 29.8 Å². The number of para-hydroxylation sites is 1. The van der Waals surface area contributed by atoms with Crippen LogP contribution in [0.15, 0.2) is 41.3 Å². The molecule has 0 aliphatic heterocycles. The zero-order chi connectivity index (χ0) is 16.8. The highest BCUT2D eigenvalue weighted by atomic mass is 19.1. The number of nitrogens with zero attached hydrogens (tertiary/aromatic N) is 5. The Labute approximate surface area is 135 Å². The summed E-state index contributed by atoms with van der Waals surface area (Å²) in [4.78, 5) is 12.4. The number of rotatable bonds is 2. The van der Waals surface area contributed by atoms with E-state index in [0.717, 1.165) is 4.68 Å². The Kier molecular flexibility index (Phi) is 3.05. The van der Waals surface area contributed by atoms with E-state index in [1.54, 1.807) is 43.0 Å². The Bertz CT molecular complexity index is 1100. The molecule has 0 aliphatic carbocycles. The largest absolute Gasteiger partial charge is 0.275 e. The summed E-state index contributed by atoms with van der Waals surface area (Å²) in [6.07, 6.45) is 1.78. The van der Waals surface area contributed by atoms with Gasteiger partial charge in [0.2, 0.25) is 0 Å². The van der Waals surface area contributed by atoms with E-state index in [0.29, 0.717) is 28.0 Å². The highest BCUT2D eigenvalue weighted by Crippen LogP contribution is 2.23. The van der Waals surface area contributed by atoms with Crippen LogP contribution in [0.4, 0.5) is 4.39 Å². The van der Waals surface area contributed by atoms with Crippen LogP contribution in [0.25, 0.3) is 28.1 Å². The number of hydrogen-bond acceptors (Lipinski definition) is 4. The zero-order valence-corrected chi connectivity index (χ0v) is 13.0. The maximum absolute atomic E-state index is 14.2. The van der Waals surface area contributed by atoms with Gasteiger partial charge in [-0.1, -0.05) is 12.1 Å². The number of halogens is 1. The van der Waals surface area contributed by atoms with Gasteiger partial charge >= 0.3 is 0 Å². The quantitative estimate of drug-likeness (QED) is 0.611. The number of aromatic amines is 1. The number of aromatic nitrogens is 6. The van der Waals surface area contributed by atoms with Crippen LogP contribution < -0.4 is 5.56 Å². The predicted molar refractivity (Wildman–Crippen MR) is 86.4 cm³/mol. The third kappa shape index (κ3) is 2.11. The molecule has 1 N–H and O–H groups in total. The van der Waals surface area contributed by atoms with Crippen LogP contribution in [-0.4, -0.2) is 29.8 Å². The molecule has 0 fully saturated rings. The average molecular weight is 324 g/mol. The molecule has 0 spiro atoms. The predicted octanol–water partition coefficient (Wildman–Crippen LogP) is 1.96. The van der Waals surface area contributed by atoms with Crippen LogP contribution in [0, 0.1) is 12.7 Å². The van der Waals surface area contributed by atoms with E-state index in [2.05, 4.69) is 20.4 Å². The number of aryl methyl sites for hydroxylation is 2. The van der Waals surface area contributed by atoms with E-state index in [4.69, 9.17) is 0 Å². The van der Waals surface area contributed by atoms with E-state index in [1.807, 2.05) is 0 Å². The summed E-state index contributed by atoms with van der Waals surface area (Å²) in [5.74, 6) is -0.508. The standard InChI is InChI=1S/C16H13FN6O/c1-9-4-3-5-10(17)16(9)23-13(24)8-12-15(21-23)14(19-18-12)11-6-7-22(2)20-11/h3-8,18H,1-2H3. The second-order valence-corrected chi connectivity index (χ2v) is 5.51. The van der Waals surface area contributed by atoms with Crippen molar-refractivity contribution in [1.29, 1.82) is 0 Å². The van der Waals surface area contributed by atoms with Crippen molar-refractivity contribution < 1.29 is 4.39 Å². The van der Waals surface area contributed by atoms with Gasteiger partial charge in [0.15, 0.2) is 0 Å². The van der Waals surface area contributed by atoms with Crippen molar-refractivity contribution in [2.45, 2.75) is 6.92 Å². The summed E-state index contributed by atoms with van der Waals surface area (Å²) in [6.45, 7) is 1.73. The lowest BCUT2D eigenvalue weighted by molar-refractivity contribution is 0.605. The molecule has 0 saturated heterocycles. The highest BCUT2D eigenvalue weighted by molar-refractivity contribution is 5.87. The molecule has 24 heavy (non-hydrogen) atoms. The summed E-state index contributed by atoms with van der Waals surface area (Å²) in [6, 6.07) is 7.77. The fourth-order valence-electron chi connectivity index (χ4n) is 2.66. The van der Waals surface area contributed by atoms with Gasteiger partial charge in [-0.3, -0.25) is 14.6 Å². The van der Waals surface area contributed by atoms with Gasteiger partial charge in [-0.2, -0.15) is 20.0 Å². The van der Waals surface area contributed by atoms with E-state index in [9.17, 15) is 9.18 Å². The molecule has 4 rings (SSSR count). The Balaban J connectivity index is 2.01. The Morgan fingerprint density at radius 1 is 1.21 bits per heavy atom. The van der Waals surface area contributed by atoms with E-state index < -0.39 is 11.4 Å². The smallest absolute Gasteiger partial charge is 0.273 e. The fourth-order valence-corrected chi connectivity index (χ4v) is 2.66. The minimum Gasteiger partial charge on any atom is -0.275 e. The van der Waals surface area contributed by atoms with Gasteiger partial charge in [-0.05, 0) is 24.6 Å². The molecule has 0 radical (unpaired) electrons. The highest BCUT2D eigenvalue weighted by Gasteiger charge is 2.17. The monoisotopic (exact) mass is 324 g/mol. The zero-order valence-electron chi connectivity index (χ0n) is 13.0. The number of hydrogen-bond donors (Lipinski definition) is 1. The molecule has 3 heterocycles. The van der Waals surface area contributed by atoms with Crippen molar-refractivity contribution in [2.24, 2.45) is 7.05 Å². The maximum Gasteiger partial charge on any atom is 0.273 e. The lowest BCUT2D eigenvalue weighted by Gasteiger charge is -2.08. The summed E-state index contributed by atoms with van der Waals surface area (Å²) >= 11 is 0. The van der Waals surface area contributed by atoms with Gasteiger partial charge in [0.05, 0.1) is 5.52 Å². The molecule has 8 heteroatoms. The number of benzene rings is 1. The van der Waals surface area contributed by atoms with Crippen molar-refractivity contribution in [2.75, 3.05) is 0 Å². The van der Waals surface area contributed by atoms with Crippen molar-refractivity contribution >= 4 is 11.0 Å². The third-order valence-electron chi connectivity index (χ3n) is 3.80. The molecule has 0 aliphatic rings. The van der Waals surface area contributed by atoms with Gasteiger partial charge < -0.3 is 0 Å². The molecule has 0 bridgehead atoms. The molecule has 120 valence electrons. The van der Waals surface area contributed by atoms with Gasteiger partial charge in [0.1, 0.15) is 28.4 Å². The number of nitrogens with one attached hydrogen (secondary N) is 1. The summed E-state index contributed by atoms with van der Waals surface area (Å²) in [5.41, 5.74) is 2.37. The molecule has 0 amide bonds. The van der Waals surface area contributed by atoms with E-state index in [-0.39, 0.29) is 5.69 Å². The molecule has 4 aromatic rings. The summed E-state index contributed by atoms with van der Waals surface area (Å²) in [7, 11) is 1.80. The van der Waals surface area contributed by atoms with Crippen LogP contribution in [-0.2, 0) is 7.05 Å². The van der Waals surface area contributed by atoms with Gasteiger partial charge in [-0.25, -0.2) is 4.39 Å². The second-order valence-electron chi connectivity index (χ2n) is 5.51. The first kappa shape index (κ1) is 14.3. The molecule has 0 saturated carbocycles. The fraction of sp³-hybridized carbons (Fsp3) is 0.125. The first-order valence-electron chi connectivity index (χ1n) is 7.28. The number of H-pyrrole nitrogens is 1. The average Bonchev–Trinajstić information content (AvgIpc) is 3.13. The lowest BCUT2D eigenvalue weighted by atomic mass is 10.2. The topological polar surface area (TPSA) is 81.4 Å². The molecule has 1 aromatic carbocycles. The van der Waals surface area contributed by atoms with Crippen LogP contribution in [0.2, 0.25) is 0 Å². The van der Waals surface area contributed by atoms with Gasteiger partial charge in [0.25, 0.3) is 5.56 Å². The maximum atomic E-state index is 14.2. The van der Waals surface area contributed by atoms with Crippen molar-refractivity contribution in [3.63, 3.8) is 0 Å². The SMILES string of the molecule is Cc1cccc(F)c1-n1nc2c(-c3ccn(C)n3)n[nH]c2cc1=O. The molecule has 3 aromatic heterocycles. The summed E-state index contributed by atoms with van der Waals surface area (Å²) < 4.78 is 16.9. The number of fused-ring (bicyclic) bond motifs is 1. The second kappa shape index (κ2) is 5.12. The van der Waals surface area contributed by atoms with Crippen LogP contribution in [0.3, 0.4) is 0 Å². The Hall–Kier alpha value is -3.29. The molecule has 0 unspecified atom stereocenters. The van der Waals surface area contributed by atoms with Crippen LogP contribution in [0.1, 0.15) is 5.56 Å². The van der Waals surface area contributed by atoms with Gasteiger partial charge in [0, 0.05) is 19.3 Å². The van der Waals surface area contributed by atoms with E-state index >= 15 is 0 Å². The van der Waals surface area contributed by atoms with Crippen LogP contribution in [0.5, 0.6) is 0 Å². The van der Waals surface area contributed by atoms with Crippen LogP contribution >= 0.6 is 0 Å². The minimum absolute atomic E-state index is 0.137. The molecule has 0 atom stereocenters. The van der Waals surface area contributed by atoms with Gasteiger partial charge in [-0.15, -0.1) is 0 Å². The minimum atomic E-state index is -0.508. The van der Waals surface area contributed by atoms with E-state index in [1.165, 1.54) is 12.1 Å². The Morgan fingerprint density at radius 2 is 2.04 bits per heavy atom. The lowest BCUT2D eigenvalue weighted by Crippen LogP contribution is -2.22. The van der Waals surface area contributed by atoms with Crippen molar-refractivity contribution in [3.05, 3.63) is 58.3 Å². The molecular weight excluding hydrogens is 311 g/mol. The Morgan fingerprint density at radius 3 is 2.75 bits per heavy atom. The molecular formula is C16H13FN6O. The van der Waals surface area contributed by atoms with Crippen molar-refractivity contribution in [3.8, 4) is 17.1 Å². The summed E-state index contributed by atoms with van der Waals surface area (Å²) in [5, 5.41) is 15.6. The first-order chi connectivity index (χ1) is 11.5. The first-order valence-corrected chi connectivity index (χ1v) is 7.28. The molecule has 7 nitrogen and oxygen atoms in total. The normalized spacial score (nSPS) is 11.3. The third-order valence-corrected chi connectivity index (χ3v) is 3.80.